The standard InChI is InChI=1S/C11H10BrNO3S2/c1-6-8(4-10(14)15)18-11(13-6)17-5-7-2-3-9(12)16-7/h2-3H,4-5H2,1H3,(H,14,15). The highest BCUT2D eigenvalue weighted by molar-refractivity contribution is 9.10. The molecule has 0 saturated heterocycles. The number of carbonyl (C=O) groups is 1. The van der Waals surface area contributed by atoms with Gasteiger partial charge in [-0.25, -0.2) is 4.98 Å². The SMILES string of the molecule is Cc1nc(SCc2ccc(Br)o2)sc1CC(=O)O. The van der Waals surface area contributed by atoms with Crippen molar-refractivity contribution in [3.8, 4) is 0 Å². The average molecular weight is 348 g/mol. The van der Waals surface area contributed by atoms with Crippen molar-refractivity contribution in [2.75, 3.05) is 0 Å². The molecule has 4 nitrogen and oxygen atoms in total. The van der Waals surface area contributed by atoms with E-state index in [9.17, 15) is 4.79 Å². The van der Waals surface area contributed by atoms with Crippen LogP contribution in [-0.4, -0.2) is 16.1 Å². The lowest BCUT2D eigenvalue weighted by Gasteiger charge is -1.93. The number of thiazole rings is 1. The number of rotatable bonds is 5. The Morgan fingerprint density at radius 2 is 2.39 bits per heavy atom. The van der Waals surface area contributed by atoms with Gasteiger partial charge < -0.3 is 9.52 Å². The van der Waals surface area contributed by atoms with Gasteiger partial charge in [-0.2, -0.15) is 0 Å². The third-order valence-electron chi connectivity index (χ3n) is 2.15. The third-order valence-corrected chi connectivity index (χ3v) is 4.90. The maximum Gasteiger partial charge on any atom is 0.308 e. The maximum absolute atomic E-state index is 10.7. The number of aliphatic carboxylic acids is 1. The third kappa shape index (κ3) is 3.60. The molecule has 2 rings (SSSR count). The Bertz CT molecular complexity index is 564. The second kappa shape index (κ2) is 5.90. The molecule has 96 valence electrons. The number of aryl methyl sites for hydroxylation is 1. The summed E-state index contributed by atoms with van der Waals surface area (Å²) in [5.41, 5.74) is 0.797. The van der Waals surface area contributed by atoms with Crippen molar-refractivity contribution in [3.05, 3.63) is 33.1 Å². The Morgan fingerprint density at radius 1 is 1.61 bits per heavy atom. The molecule has 0 unspecified atom stereocenters. The largest absolute Gasteiger partial charge is 0.481 e. The van der Waals surface area contributed by atoms with Gasteiger partial charge in [0, 0.05) is 4.88 Å². The highest BCUT2D eigenvalue weighted by atomic mass is 79.9. The van der Waals surface area contributed by atoms with Gasteiger partial charge in [-0.1, -0.05) is 11.8 Å². The monoisotopic (exact) mass is 347 g/mol. The second-order valence-electron chi connectivity index (χ2n) is 3.55. The molecule has 0 aliphatic rings. The number of thioether (sulfide) groups is 1. The lowest BCUT2D eigenvalue weighted by atomic mass is 10.3. The van der Waals surface area contributed by atoms with E-state index >= 15 is 0 Å². The lowest BCUT2D eigenvalue weighted by Crippen LogP contribution is -1.99. The molecule has 0 aliphatic heterocycles. The normalized spacial score (nSPS) is 10.8. The summed E-state index contributed by atoms with van der Waals surface area (Å²) in [5.74, 6) is 0.721. The lowest BCUT2D eigenvalue weighted by molar-refractivity contribution is -0.136. The van der Waals surface area contributed by atoms with Crippen molar-refractivity contribution in [1.29, 1.82) is 0 Å². The molecule has 0 atom stereocenters. The predicted molar refractivity (Wildman–Crippen MR) is 74.2 cm³/mol. The van der Waals surface area contributed by atoms with Crippen LogP contribution >= 0.6 is 39.0 Å². The molecule has 2 aromatic rings. The summed E-state index contributed by atoms with van der Waals surface area (Å²) in [5, 5.41) is 8.76. The van der Waals surface area contributed by atoms with Crippen molar-refractivity contribution in [3.63, 3.8) is 0 Å². The molecule has 0 spiro atoms. The molecule has 0 saturated carbocycles. The Balaban J connectivity index is 1.99. The van der Waals surface area contributed by atoms with E-state index in [2.05, 4.69) is 20.9 Å². The second-order valence-corrected chi connectivity index (χ2v) is 6.64. The van der Waals surface area contributed by atoms with Gasteiger partial charge in [-0.15, -0.1) is 11.3 Å². The predicted octanol–water partition coefficient (Wildman–Crippen LogP) is 3.73. The summed E-state index contributed by atoms with van der Waals surface area (Å²) < 4.78 is 6.97. The zero-order valence-electron chi connectivity index (χ0n) is 9.47. The summed E-state index contributed by atoms with van der Waals surface area (Å²) in [4.78, 5) is 15.8. The van der Waals surface area contributed by atoms with Crippen LogP contribution < -0.4 is 0 Å². The number of hydrogen-bond donors (Lipinski definition) is 1. The molecule has 0 radical (unpaired) electrons. The first-order valence-corrected chi connectivity index (χ1v) is 7.69. The first-order valence-electron chi connectivity index (χ1n) is 5.09. The van der Waals surface area contributed by atoms with E-state index < -0.39 is 5.97 Å². The van der Waals surface area contributed by atoms with Gasteiger partial charge in [-0.3, -0.25) is 4.79 Å². The van der Waals surface area contributed by atoms with Gasteiger partial charge in [0.2, 0.25) is 0 Å². The first-order chi connectivity index (χ1) is 8.54. The Labute approximate surface area is 121 Å². The van der Waals surface area contributed by atoms with E-state index in [1.807, 2.05) is 19.1 Å². The van der Waals surface area contributed by atoms with Crippen LogP contribution in [0.4, 0.5) is 0 Å². The van der Waals surface area contributed by atoms with Gasteiger partial charge in [0.1, 0.15) is 5.76 Å². The molecule has 18 heavy (non-hydrogen) atoms. The summed E-state index contributed by atoms with van der Waals surface area (Å²) >= 11 is 6.23. The van der Waals surface area contributed by atoms with Crippen LogP contribution in [0.2, 0.25) is 0 Å². The topological polar surface area (TPSA) is 63.3 Å². The molecule has 0 amide bonds. The van der Waals surface area contributed by atoms with Crippen molar-refractivity contribution in [1.82, 2.24) is 4.98 Å². The van der Waals surface area contributed by atoms with E-state index in [1.54, 1.807) is 11.8 Å². The van der Waals surface area contributed by atoms with E-state index in [-0.39, 0.29) is 6.42 Å². The first kappa shape index (κ1) is 13.6. The van der Waals surface area contributed by atoms with E-state index in [4.69, 9.17) is 9.52 Å². The van der Waals surface area contributed by atoms with Crippen LogP contribution in [0.15, 0.2) is 25.6 Å². The maximum atomic E-state index is 10.7. The minimum Gasteiger partial charge on any atom is -0.481 e. The van der Waals surface area contributed by atoms with Crippen LogP contribution in [-0.2, 0) is 17.0 Å². The molecular weight excluding hydrogens is 338 g/mol. The molecule has 0 aromatic carbocycles. The number of halogens is 1. The molecule has 0 aliphatic carbocycles. The minimum atomic E-state index is -0.826. The van der Waals surface area contributed by atoms with Gasteiger partial charge in [-0.05, 0) is 35.0 Å². The Kier molecular flexibility index (Phi) is 4.47. The smallest absolute Gasteiger partial charge is 0.308 e. The Hall–Kier alpha value is -0.790. The summed E-state index contributed by atoms with van der Waals surface area (Å²) in [7, 11) is 0. The van der Waals surface area contributed by atoms with E-state index in [0.29, 0.717) is 10.4 Å². The average Bonchev–Trinajstić information content (AvgIpc) is 2.83. The van der Waals surface area contributed by atoms with Gasteiger partial charge in [0.15, 0.2) is 9.01 Å². The Morgan fingerprint density at radius 3 is 3.00 bits per heavy atom. The van der Waals surface area contributed by atoms with Gasteiger partial charge in [0.25, 0.3) is 0 Å². The zero-order valence-corrected chi connectivity index (χ0v) is 12.7. The van der Waals surface area contributed by atoms with Gasteiger partial charge in [0.05, 0.1) is 17.9 Å². The van der Waals surface area contributed by atoms with Crippen LogP contribution in [0.25, 0.3) is 0 Å². The number of aromatic nitrogens is 1. The number of nitrogens with zero attached hydrogens (tertiary/aromatic N) is 1. The van der Waals surface area contributed by atoms with Crippen LogP contribution in [0.3, 0.4) is 0 Å². The fourth-order valence-corrected chi connectivity index (χ4v) is 3.79. The van der Waals surface area contributed by atoms with E-state index in [0.717, 1.165) is 20.7 Å². The molecule has 0 fully saturated rings. The number of hydrogen-bond acceptors (Lipinski definition) is 5. The van der Waals surface area contributed by atoms with Crippen molar-refractivity contribution < 1.29 is 14.3 Å². The number of carboxylic acid groups (broad SMARTS) is 1. The number of carboxylic acids is 1. The highest BCUT2D eigenvalue weighted by Gasteiger charge is 2.12. The molecule has 2 aromatic heterocycles. The van der Waals surface area contributed by atoms with Crippen LogP contribution in [0.5, 0.6) is 0 Å². The van der Waals surface area contributed by atoms with Crippen molar-refractivity contribution in [2.45, 2.75) is 23.4 Å². The van der Waals surface area contributed by atoms with Crippen molar-refractivity contribution >= 4 is 45.0 Å². The van der Waals surface area contributed by atoms with Crippen LogP contribution in [0.1, 0.15) is 16.3 Å². The highest BCUT2D eigenvalue weighted by Crippen LogP contribution is 2.30. The molecular formula is C11H10BrNO3S2. The molecule has 2 heterocycles. The molecule has 0 bridgehead atoms. The quantitative estimate of drug-likeness (QED) is 0.835. The molecule has 7 heteroatoms. The summed E-state index contributed by atoms with van der Waals surface area (Å²) in [6.07, 6.45) is 0.0381. The van der Waals surface area contributed by atoms with E-state index in [1.165, 1.54) is 11.3 Å². The fourth-order valence-electron chi connectivity index (χ4n) is 1.33. The molecule has 1 N–H and O–H groups in total. The zero-order chi connectivity index (χ0) is 13.1. The summed E-state index contributed by atoms with van der Waals surface area (Å²) in [6.45, 7) is 1.84. The fraction of sp³-hybridized carbons (Fsp3) is 0.273. The number of furan rings is 1. The minimum absolute atomic E-state index is 0.0381. The van der Waals surface area contributed by atoms with Gasteiger partial charge >= 0.3 is 5.97 Å². The summed E-state index contributed by atoms with van der Waals surface area (Å²) in [6, 6.07) is 3.74. The van der Waals surface area contributed by atoms with Crippen LogP contribution in [0, 0.1) is 6.92 Å². The van der Waals surface area contributed by atoms with Crippen molar-refractivity contribution in [2.24, 2.45) is 0 Å².